The molecule has 0 bridgehead atoms. The monoisotopic (exact) mass is 502 g/mol. The van der Waals surface area contributed by atoms with Crippen LogP contribution in [0.1, 0.15) is 57.9 Å². The van der Waals surface area contributed by atoms with E-state index in [4.69, 9.17) is 9.47 Å². The third kappa shape index (κ3) is 11.1. The average molecular weight is 503 g/mol. The molecular formula is C28H39FN2O5. The van der Waals surface area contributed by atoms with E-state index in [1.807, 2.05) is 12.1 Å². The van der Waals surface area contributed by atoms with E-state index in [2.05, 4.69) is 12.2 Å². The number of carboxylic acids is 1. The van der Waals surface area contributed by atoms with Crippen LogP contribution in [0.3, 0.4) is 0 Å². The zero-order valence-electron chi connectivity index (χ0n) is 21.4. The number of amides is 2. The van der Waals surface area contributed by atoms with E-state index >= 15 is 0 Å². The largest absolute Gasteiger partial charge is 0.492 e. The van der Waals surface area contributed by atoms with Gasteiger partial charge in [0, 0.05) is 25.3 Å². The molecule has 2 amide bonds. The number of benzene rings is 2. The highest BCUT2D eigenvalue weighted by atomic mass is 19.1. The van der Waals surface area contributed by atoms with Crippen LogP contribution < -0.4 is 10.1 Å². The maximum Gasteiger partial charge on any atom is 0.333 e. The summed E-state index contributed by atoms with van der Waals surface area (Å²) in [7, 11) is 0. The zero-order valence-corrected chi connectivity index (χ0v) is 21.4. The van der Waals surface area contributed by atoms with Crippen molar-refractivity contribution in [3.63, 3.8) is 0 Å². The third-order valence-electron chi connectivity index (χ3n) is 5.76. The van der Waals surface area contributed by atoms with Crippen molar-refractivity contribution in [2.24, 2.45) is 0 Å². The van der Waals surface area contributed by atoms with Crippen molar-refractivity contribution in [2.45, 2.75) is 64.9 Å². The van der Waals surface area contributed by atoms with Gasteiger partial charge in [0.1, 0.15) is 18.2 Å². The molecule has 0 aliphatic carbocycles. The number of hydrogen-bond acceptors (Lipinski definition) is 4. The first kappa shape index (κ1) is 29.1. The zero-order chi connectivity index (χ0) is 26.2. The Morgan fingerprint density at radius 3 is 2.39 bits per heavy atom. The molecule has 0 heterocycles. The van der Waals surface area contributed by atoms with Gasteiger partial charge in [0.25, 0.3) is 0 Å². The van der Waals surface area contributed by atoms with Gasteiger partial charge in [-0.2, -0.15) is 0 Å². The van der Waals surface area contributed by atoms with Crippen molar-refractivity contribution in [1.29, 1.82) is 0 Å². The SMILES string of the molecule is CCCCCCCCN(CCOc1ccc(CC(OCC)C(=O)O)cc1)C(=O)Nc1cccc(F)c1. The fourth-order valence-corrected chi connectivity index (χ4v) is 3.79. The molecule has 0 radical (unpaired) electrons. The van der Waals surface area contributed by atoms with Crippen LogP contribution in [0.5, 0.6) is 5.75 Å². The maximum absolute atomic E-state index is 13.5. The molecule has 0 spiro atoms. The lowest BCUT2D eigenvalue weighted by Crippen LogP contribution is -2.38. The Balaban J connectivity index is 1.89. The van der Waals surface area contributed by atoms with E-state index < -0.39 is 17.9 Å². The number of anilines is 1. The molecule has 0 saturated carbocycles. The molecule has 2 aromatic carbocycles. The van der Waals surface area contributed by atoms with E-state index in [1.54, 1.807) is 36.1 Å². The highest BCUT2D eigenvalue weighted by molar-refractivity contribution is 5.89. The molecule has 1 unspecified atom stereocenters. The van der Waals surface area contributed by atoms with Crippen LogP contribution in [0.4, 0.5) is 14.9 Å². The van der Waals surface area contributed by atoms with Gasteiger partial charge in [-0.3, -0.25) is 0 Å². The number of carbonyl (C=O) groups is 2. The third-order valence-corrected chi connectivity index (χ3v) is 5.76. The summed E-state index contributed by atoms with van der Waals surface area (Å²) in [5.41, 5.74) is 1.25. The Kier molecular flexibility index (Phi) is 13.4. The molecule has 0 aliphatic heterocycles. The Labute approximate surface area is 213 Å². The van der Waals surface area contributed by atoms with Crippen molar-refractivity contribution in [1.82, 2.24) is 4.90 Å². The lowest BCUT2D eigenvalue weighted by atomic mass is 10.1. The van der Waals surface area contributed by atoms with Gasteiger partial charge in [-0.25, -0.2) is 14.0 Å². The van der Waals surface area contributed by atoms with Crippen molar-refractivity contribution in [2.75, 3.05) is 31.6 Å². The van der Waals surface area contributed by atoms with Gasteiger partial charge in [0.05, 0.1) is 6.54 Å². The number of halogens is 1. The quantitative estimate of drug-likeness (QED) is 0.254. The van der Waals surface area contributed by atoms with Gasteiger partial charge in [-0.1, -0.05) is 57.2 Å². The van der Waals surface area contributed by atoms with Crippen LogP contribution in [0.25, 0.3) is 0 Å². The van der Waals surface area contributed by atoms with Crippen molar-refractivity contribution >= 4 is 17.7 Å². The van der Waals surface area contributed by atoms with Crippen molar-refractivity contribution in [3.05, 3.63) is 59.9 Å². The number of urea groups is 1. The van der Waals surface area contributed by atoms with Crippen LogP contribution in [0.2, 0.25) is 0 Å². The van der Waals surface area contributed by atoms with Crippen LogP contribution in [0.15, 0.2) is 48.5 Å². The number of carboxylic acid groups (broad SMARTS) is 1. The normalized spacial score (nSPS) is 11.6. The number of ether oxygens (including phenoxy) is 2. The fraction of sp³-hybridized carbons (Fsp3) is 0.500. The molecule has 2 N–H and O–H groups in total. The Hall–Kier alpha value is -3.13. The number of rotatable bonds is 17. The molecular weight excluding hydrogens is 463 g/mol. The maximum atomic E-state index is 13.5. The first-order chi connectivity index (χ1) is 17.4. The highest BCUT2D eigenvalue weighted by Crippen LogP contribution is 2.16. The van der Waals surface area contributed by atoms with Gasteiger partial charge >= 0.3 is 12.0 Å². The van der Waals surface area contributed by atoms with Gasteiger partial charge in [0.2, 0.25) is 0 Å². The molecule has 0 fully saturated rings. The number of hydrogen-bond donors (Lipinski definition) is 2. The van der Waals surface area contributed by atoms with Crippen molar-refractivity contribution < 1.29 is 28.6 Å². The molecule has 1 atom stereocenters. The molecule has 2 rings (SSSR count). The first-order valence-electron chi connectivity index (χ1n) is 12.8. The minimum Gasteiger partial charge on any atom is -0.492 e. The van der Waals surface area contributed by atoms with E-state index in [0.717, 1.165) is 24.8 Å². The Morgan fingerprint density at radius 2 is 1.72 bits per heavy atom. The molecule has 198 valence electrons. The summed E-state index contributed by atoms with van der Waals surface area (Å²) in [4.78, 5) is 25.8. The van der Waals surface area contributed by atoms with Crippen LogP contribution >= 0.6 is 0 Å². The second kappa shape index (κ2) is 16.5. The number of carbonyl (C=O) groups excluding carboxylic acids is 1. The number of unbranched alkanes of at least 4 members (excludes halogenated alkanes) is 5. The standard InChI is InChI=1S/C28H39FN2O5/c1-3-5-6-7-8-9-17-31(28(34)30-24-12-10-11-23(29)21-24)18-19-36-25-15-13-22(14-16-25)20-26(27(32)33)35-4-2/h10-16,21,26H,3-9,17-20H2,1-2H3,(H,30,34)(H,32,33). The Bertz CT molecular complexity index is 922. The average Bonchev–Trinajstić information content (AvgIpc) is 2.85. The number of aliphatic carboxylic acids is 1. The van der Waals surface area contributed by atoms with Crippen LogP contribution in [-0.4, -0.2) is 54.4 Å². The van der Waals surface area contributed by atoms with E-state index in [-0.39, 0.29) is 12.5 Å². The second-order valence-corrected chi connectivity index (χ2v) is 8.67. The van der Waals surface area contributed by atoms with Gasteiger partial charge < -0.3 is 24.8 Å². The summed E-state index contributed by atoms with van der Waals surface area (Å²) < 4.78 is 24.6. The summed E-state index contributed by atoms with van der Waals surface area (Å²) in [6.07, 6.45) is 6.08. The second-order valence-electron chi connectivity index (χ2n) is 8.67. The smallest absolute Gasteiger partial charge is 0.333 e. The number of nitrogens with zero attached hydrogens (tertiary/aromatic N) is 1. The molecule has 0 aromatic heterocycles. The summed E-state index contributed by atoms with van der Waals surface area (Å²) in [6.45, 7) is 5.54. The highest BCUT2D eigenvalue weighted by Gasteiger charge is 2.18. The predicted octanol–water partition coefficient (Wildman–Crippen LogP) is 6.13. The van der Waals surface area contributed by atoms with Gasteiger partial charge in [0.15, 0.2) is 6.10 Å². The minimum absolute atomic E-state index is 0.274. The van der Waals surface area contributed by atoms with Crippen molar-refractivity contribution in [3.8, 4) is 5.75 Å². The molecule has 36 heavy (non-hydrogen) atoms. The summed E-state index contributed by atoms with van der Waals surface area (Å²) in [5, 5.41) is 12.0. The fourth-order valence-electron chi connectivity index (χ4n) is 3.79. The van der Waals surface area contributed by atoms with E-state index in [0.29, 0.717) is 37.7 Å². The lowest BCUT2D eigenvalue weighted by Gasteiger charge is -2.23. The van der Waals surface area contributed by atoms with Crippen LogP contribution in [0, 0.1) is 5.82 Å². The minimum atomic E-state index is -0.987. The summed E-state index contributed by atoms with van der Waals surface area (Å²) in [6, 6.07) is 12.7. The molecule has 2 aromatic rings. The topological polar surface area (TPSA) is 88.1 Å². The van der Waals surface area contributed by atoms with Gasteiger partial charge in [-0.05, 0) is 49.2 Å². The lowest BCUT2D eigenvalue weighted by molar-refractivity contribution is -0.149. The summed E-state index contributed by atoms with van der Waals surface area (Å²) >= 11 is 0. The molecule has 8 heteroatoms. The van der Waals surface area contributed by atoms with E-state index in [9.17, 15) is 19.1 Å². The first-order valence-corrected chi connectivity index (χ1v) is 12.8. The van der Waals surface area contributed by atoms with Crippen LogP contribution in [-0.2, 0) is 16.0 Å². The predicted molar refractivity (Wildman–Crippen MR) is 139 cm³/mol. The molecule has 7 nitrogen and oxygen atoms in total. The Morgan fingerprint density at radius 1 is 1.00 bits per heavy atom. The van der Waals surface area contributed by atoms with E-state index in [1.165, 1.54) is 31.4 Å². The number of nitrogens with one attached hydrogen (secondary N) is 1. The summed E-state index contributed by atoms with van der Waals surface area (Å²) in [5.74, 6) is -0.760. The molecule has 0 saturated heterocycles. The molecule has 0 aliphatic rings. The van der Waals surface area contributed by atoms with Gasteiger partial charge in [-0.15, -0.1) is 0 Å².